The van der Waals surface area contributed by atoms with Crippen molar-refractivity contribution in [2.75, 3.05) is 35.4 Å². The van der Waals surface area contributed by atoms with E-state index in [9.17, 15) is 24.3 Å². The van der Waals surface area contributed by atoms with Crippen molar-refractivity contribution in [3.8, 4) is 0 Å². The Morgan fingerprint density at radius 3 is 2.00 bits per heavy atom. The van der Waals surface area contributed by atoms with Gasteiger partial charge in [-0.2, -0.15) is 0 Å². The number of nitrogens with zero attached hydrogens (tertiary/aromatic N) is 2. The molecule has 2 heterocycles. The molecule has 0 saturated heterocycles. The molecular formula is C14H16N2O8. The van der Waals surface area contributed by atoms with Crippen molar-refractivity contribution in [3.63, 3.8) is 0 Å². The fraction of sp³-hybridized carbons (Fsp3) is 0.429. The molecule has 0 spiro atoms. The van der Waals surface area contributed by atoms with E-state index in [4.69, 9.17) is 9.47 Å². The Hall–Kier alpha value is -2.88. The van der Waals surface area contributed by atoms with E-state index in [0.717, 1.165) is 33.3 Å². The number of imide groups is 1. The molecule has 0 saturated carbocycles. The molecule has 0 bridgehead atoms. The molecule has 0 aliphatic carbocycles. The van der Waals surface area contributed by atoms with Crippen LogP contribution in [0.1, 0.15) is 0 Å². The lowest BCUT2D eigenvalue weighted by Crippen LogP contribution is -2.53. The van der Waals surface area contributed by atoms with Gasteiger partial charge in [-0.05, 0) is 0 Å². The molecule has 1 N–H and O–H groups in total. The van der Waals surface area contributed by atoms with Crippen molar-refractivity contribution < 1.29 is 38.5 Å². The van der Waals surface area contributed by atoms with Crippen LogP contribution in [-0.4, -0.2) is 79.7 Å². The van der Waals surface area contributed by atoms with Gasteiger partial charge in [0, 0.05) is 14.1 Å². The molecule has 0 aromatic carbocycles. The molecule has 0 aromatic rings. The number of esters is 1. The summed E-state index contributed by atoms with van der Waals surface area (Å²) < 4.78 is 14.5. The third-order valence-corrected chi connectivity index (χ3v) is 3.92. The van der Waals surface area contributed by atoms with Crippen LogP contribution >= 0.6 is 0 Å². The average molecular weight is 340 g/mol. The van der Waals surface area contributed by atoms with Crippen LogP contribution in [0.4, 0.5) is 0 Å². The minimum Gasteiger partial charge on any atom is -0.494 e. The number of likely N-dealkylation sites (N-methyl/N-ethyl adjacent to an activating group) is 2. The van der Waals surface area contributed by atoms with Gasteiger partial charge in [0.2, 0.25) is 0 Å². The lowest BCUT2D eigenvalue weighted by atomic mass is 10.0. The van der Waals surface area contributed by atoms with E-state index in [1.54, 1.807) is 0 Å². The molecule has 1 atom stereocenters. The Labute approximate surface area is 136 Å². The van der Waals surface area contributed by atoms with Crippen LogP contribution in [0, 0.1) is 0 Å². The van der Waals surface area contributed by atoms with Crippen molar-refractivity contribution >= 4 is 23.7 Å². The third kappa shape index (κ3) is 1.92. The Morgan fingerprint density at radius 1 is 0.958 bits per heavy atom. The van der Waals surface area contributed by atoms with Crippen molar-refractivity contribution in [1.29, 1.82) is 0 Å². The van der Waals surface area contributed by atoms with Crippen LogP contribution in [0.15, 0.2) is 22.7 Å². The van der Waals surface area contributed by atoms with Crippen LogP contribution in [0.3, 0.4) is 0 Å². The Kier molecular flexibility index (Phi) is 4.10. The minimum absolute atomic E-state index is 0.386. The lowest BCUT2D eigenvalue weighted by Gasteiger charge is -2.28. The van der Waals surface area contributed by atoms with Gasteiger partial charge in [-0.25, -0.2) is 4.79 Å². The zero-order valence-electron chi connectivity index (χ0n) is 13.7. The van der Waals surface area contributed by atoms with E-state index < -0.39 is 46.3 Å². The monoisotopic (exact) mass is 340 g/mol. The average Bonchev–Trinajstić information content (AvgIpc) is 2.91. The Bertz CT molecular complexity index is 722. The quantitative estimate of drug-likeness (QED) is 0.466. The standard InChI is InChI=1S/C14H16N2O8/c1-15-10(17)6(8(22-3)12(15)19)7-9(23-4)14(21,13(20)24-5)16(2)11(7)18/h21H,1-5H3. The molecule has 0 radical (unpaired) electrons. The SMILES string of the molecule is COC(=O)C1(O)C(OC)=C(C2=C(OC)C(=O)N(C)C2=O)C(=O)N1C. The summed E-state index contributed by atoms with van der Waals surface area (Å²) in [6.45, 7) is 0. The second kappa shape index (κ2) is 5.64. The molecule has 0 fully saturated rings. The number of carbonyl (C=O) groups is 4. The third-order valence-electron chi connectivity index (χ3n) is 3.92. The molecule has 2 aliphatic rings. The smallest absolute Gasteiger partial charge is 0.368 e. The van der Waals surface area contributed by atoms with E-state index in [2.05, 4.69) is 4.74 Å². The maximum absolute atomic E-state index is 12.6. The minimum atomic E-state index is -2.56. The van der Waals surface area contributed by atoms with Gasteiger partial charge in [-0.1, -0.05) is 0 Å². The van der Waals surface area contributed by atoms with E-state index in [1.807, 2.05) is 0 Å². The van der Waals surface area contributed by atoms with Crippen molar-refractivity contribution in [2.45, 2.75) is 5.72 Å². The summed E-state index contributed by atoms with van der Waals surface area (Å²) in [6.07, 6.45) is 0. The highest BCUT2D eigenvalue weighted by Crippen LogP contribution is 2.40. The van der Waals surface area contributed by atoms with Crippen LogP contribution in [0.2, 0.25) is 0 Å². The van der Waals surface area contributed by atoms with E-state index in [0.29, 0.717) is 4.90 Å². The molecule has 2 rings (SSSR count). The molecular weight excluding hydrogens is 324 g/mol. The second-order valence-electron chi connectivity index (χ2n) is 5.01. The van der Waals surface area contributed by atoms with Gasteiger partial charge in [0.05, 0.1) is 26.9 Å². The molecule has 10 heteroatoms. The fourth-order valence-corrected chi connectivity index (χ4v) is 2.60. The van der Waals surface area contributed by atoms with Gasteiger partial charge < -0.3 is 19.3 Å². The maximum Gasteiger partial charge on any atom is 0.368 e. The lowest BCUT2D eigenvalue weighted by molar-refractivity contribution is -0.181. The highest BCUT2D eigenvalue weighted by Gasteiger charge is 2.60. The van der Waals surface area contributed by atoms with Crippen molar-refractivity contribution in [2.24, 2.45) is 0 Å². The largest absolute Gasteiger partial charge is 0.494 e. The normalized spacial score (nSPS) is 24.3. The van der Waals surface area contributed by atoms with Crippen LogP contribution in [-0.2, 0) is 33.4 Å². The Morgan fingerprint density at radius 2 is 1.54 bits per heavy atom. The predicted octanol–water partition coefficient (Wildman–Crippen LogP) is -1.88. The van der Waals surface area contributed by atoms with Crippen LogP contribution in [0.25, 0.3) is 0 Å². The van der Waals surface area contributed by atoms with Gasteiger partial charge in [0.15, 0.2) is 11.5 Å². The molecule has 2 aliphatic heterocycles. The van der Waals surface area contributed by atoms with Crippen molar-refractivity contribution in [1.82, 2.24) is 9.80 Å². The first kappa shape index (κ1) is 17.5. The first-order chi connectivity index (χ1) is 11.2. The summed E-state index contributed by atoms with van der Waals surface area (Å²) in [5, 5.41) is 10.6. The molecule has 130 valence electrons. The number of amides is 3. The summed E-state index contributed by atoms with van der Waals surface area (Å²) in [5.74, 6) is -4.58. The van der Waals surface area contributed by atoms with Gasteiger partial charge >= 0.3 is 11.7 Å². The summed E-state index contributed by atoms with van der Waals surface area (Å²) in [6, 6.07) is 0. The summed E-state index contributed by atoms with van der Waals surface area (Å²) >= 11 is 0. The predicted molar refractivity (Wildman–Crippen MR) is 75.6 cm³/mol. The first-order valence-corrected chi connectivity index (χ1v) is 6.67. The van der Waals surface area contributed by atoms with E-state index in [-0.39, 0.29) is 5.76 Å². The maximum atomic E-state index is 12.6. The number of rotatable bonds is 4. The van der Waals surface area contributed by atoms with Gasteiger partial charge in [-0.15, -0.1) is 0 Å². The highest BCUT2D eigenvalue weighted by molar-refractivity contribution is 6.25. The Balaban J connectivity index is 2.80. The zero-order chi connectivity index (χ0) is 18.4. The number of ether oxygens (including phenoxy) is 3. The first-order valence-electron chi connectivity index (χ1n) is 6.67. The highest BCUT2D eigenvalue weighted by atomic mass is 16.6. The zero-order valence-corrected chi connectivity index (χ0v) is 13.7. The van der Waals surface area contributed by atoms with Crippen LogP contribution < -0.4 is 0 Å². The van der Waals surface area contributed by atoms with E-state index >= 15 is 0 Å². The number of carbonyl (C=O) groups excluding carboxylic acids is 4. The topological polar surface area (TPSA) is 123 Å². The van der Waals surface area contributed by atoms with Crippen LogP contribution in [0.5, 0.6) is 0 Å². The molecule has 3 amide bonds. The van der Waals surface area contributed by atoms with E-state index in [1.165, 1.54) is 7.05 Å². The fourth-order valence-electron chi connectivity index (χ4n) is 2.60. The van der Waals surface area contributed by atoms with Gasteiger partial charge in [0.25, 0.3) is 17.7 Å². The number of hydrogen-bond acceptors (Lipinski definition) is 8. The second-order valence-corrected chi connectivity index (χ2v) is 5.01. The number of methoxy groups -OCH3 is 3. The summed E-state index contributed by atoms with van der Waals surface area (Å²) in [4.78, 5) is 50.3. The summed E-state index contributed by atoms with van der Waals surface area (Å²) in [5.41, 5.74) is -3.39. The molecule has 24 heavy (non-hydrogen) atoms. The van der Waals surface area contributed by atoms with Gasteiger partial charge in [-0.3, -0.25) is 24.2 Å². The van der Waals surface area contributed by atoms with Gasteiger partial charge in [0.1, 0.15) is 5.57 Å². The van der Waals surface area contributed by atoms with Crippen molar-refractivity contribution in [3.05, 3.63) is 22.7 Å². The molecule has 1 unspecified atom stereocenters. The number of hydrogen-bond donors (Lipinski definition) is 1. The number of aliphatic hydroxyl groups is 1. The molecule has 0 aromatic heterocycles. The summed E-state index contributed by atoms with van der Waals surface area (Å²) in [7, 11) is 5.61. The molecule has 10 nitrogen and oxygen atoms in total.